The first-order valence-corrected chi connectivity index (χ1v) is 10.3. The molecule has 134 valence electrons. The van der Waals surface area contributed by atoms with Gasteiger partial charge in [-0.15, -0.1) is 5.10 Å². The Balaban J connectivity index is 1.37. The van der Waals surface area contributed by atoms with Crippen molar-refractivity contribution in [2.24, 2.45) is 0 Å². The molecule has 0 bridgehead atoms. The van der Waals surface area contributed by atoms with E-state index in [1.807, 2.05) is 28.7 Å². The second kappa shape index (κ2) is 6.46. The summed E-state index contributed by atoms with van der Waals surface area (Å²) in [5, 5.41) is 8.12. The highest BCUT2D eigenvalue weighted by atomic mass is 32.2. The van der Waals surface area contributed by atoms with E-state index in [0.29, 0.717) is 11.8 Å². The smallest absolute Gasteiger partial charge is 0.237 e. The lowest BCUT2D eigenvalue weighted by Gasteiger charge is -2.27. The first-order valence-electron chi connectivity index (χ1n) is 9.27. The summed E-state index contributed by atoms with van der Waals surface area (Å²) in [7, 11) is 0. The van der Waals surface area contributed by atoms with Crippen molar-refractivity contribution in [3.8, 4) is 0 Å². The van der Waals surface area contributed by atoms with Crippen LogP contribution in [0.15, 0.2) is 41.2 Å². The molecule has 2 heterocycles. The van der Waals surface area contributed by atoms with Crippen LogP contribution in [0.2, 0.25) is 0 Å². The zero-order valence-electron chi connectivity index (χ0n) is 14.5. The Bertz CT molecular complexity index is 1000. The topological polar surface area (TPSA) is 66.3 Å². The number of thioether (sulfide) groups is 1. The minimum atomic E-state index is 0.200. The van der Waals surface area contributed by atoms with E-state index in [4.69, 9.17) is 0 Å². The first-order chi connectivity index (χ1) is 12.8. The molecule has 5 rings (SSSR count). The molecule has 0 unspecified atom stereocenters. The third-order valence-corrected chi connectivity index (χ3v) is 6.01. The molecule has 2 aromatic heterocycles. The van der Waals surface area contributed by atoms with Gasteiger partial charge in [-0.25, -0.2) is 10.1 Å². The summed E-state index contributed by atoms with van der Waals surface area (Å²) in [6.07, 6.45) is 9.09. The Morgan fingerprint density at radius 2 is 2.19 bits per heavy atom. The number of amides is 1. The van der Waals surface area contributed by atoms with Crippen molar-refractivity contribution in [2.45, 2.75) is 49.7 Å². The maximum Gasteiger partial charge on any atom is 0.237 e. The van der Waals surface area contributed by atoms with Crippen LogP contribution >= 0.6 is 11.8 Å². The molecular formula is C19H21N5OS. The predicted molar refractivity (Wildman–Crippen MR) is 102 cm³/mol. The molecule has 2 aliphatic carbocycles. The van der Waals surface area contributed by atoms with Crippen molar-refractivity contribution in [2.75, 3.05) is 5.75 Å². The molecule has 1 N–H and O–H groups in total. The Labute approximate surface area is 155 Å². The largest absolute Gasteiger partial charge is 0.313 e. The SMILES string of the molecule is O=C(CSc1n[nH]c2nc3ccccc3n12)N(C1=CCCCC1)C1CC1. The summed E-state index contributed by atoms with van der Waals surface area (Å²) in [6.45, 7) is 0. The van der Waals surface area contributed by atoms with E-state index in [-0.39, 0.29) is 5.91 Å². The molecule has 1 aromatic carbocycles. The van der Waals surface area contributed by atoms with Gasteiger partial charge >= 0.3 is 0 Å². The zero-order valence-corrected chi connectivity index (χ0v) is 15.3. The van der Waals surface area contributed by atoms with Crippen LogP contribution < -0.4 is 0 Å². The van der Waals surface area contributed by atoms with Crippen LogP contribution in [-0.4, -0.2) is 42.2 Å². The van der Waals surface area contributed by atoms with Crippen LogP contribution in [0.25, 0.3) is 16.8 Å². The van der Waals surface area contributed by atoms with Crippen LogP contribution in [0.5, 0.6) is 0 Å². The van der Waals surface area contributed by atoms with Gasteiger partial charge in [0.2, 0.25) is 11.7 Å². The molecular weight excluding hydrogens is 346 g/mol. The number of aromatic amines is 1. The van der Waals surface area contributed by atoms with Gasteiger partial charge in [0.25, 0.3) is 0 Å². The van der Waals surface area contributed by atoms with Crippen molar-refractivity contribution in [1.29, 1.82) is 0 Å². The minimum absolute atomic E-state index is 0.200. The Morgan fingerprint density at radius 1 is 1.31 bits per heavy atom. The van der Waals surface area contributed by atoms with Gasteiger partial charge in [-0.1, -0.05) is 30.0 Å². The average molecular weight is 367 g/mol. The summed E-state index contributed by atoms with van der Waals surface area (Å²) in [4.78, 5) is 19.6. The molecule has 6 nitrogen and oxygen atoms in total. The first kappa shape index (κ1) is 15.9. The lowest BCUT2D eigenvalue weighted by atomic mass is 10.0. The number of imidazole rings is 1. The molecule has 0 atom stereocenters. The number of nitrogens with one attached hydrogen (secondary N) is 1. The second-order valence-electron chi connectivity index (χ2n) is 6.99. The molecule has 26 heavy (non-hydrogen) atoms. The fourth-order valence-electron chi connectivity index (χ4n) is 3.71. The van der Waals surface area contributed by atoms with Gasteiger partial charge in [0.15, 0.2) is 5.16 Å². The number of rotatable bonds is 5. The molecule has 0 radical (unpaired) electrons. The number of nitrogens with zero attached hydrogens (tertiary/aromatic N) is 4. The number of carbonyl (C=O) groups is 1. The van der Waals surface area contributed by atoms with Crippen molar-refractivity contribution < 1.29 is 4.79 Å². The second-order valence-corrected chi connectivity index (χ2v) is 7.93. The molecule has 1 amide bonds. The van der Waals surface area contributed by atoms with Crippen molar-refractivity contribution in [3.63, 3.8) is 0 Å². The highest BCUT2D eigenvalue weighted by Gasteiger charge is 2.35. The molecule has 7 heteroatoms. The van der Waals surface area contributed by atoms with Crippen LogP contribution in [-0.2, 0) is 4.79 Å². The van der Waals surface area contributed by atoms with Gasteiger partial charge < -0.3 is 4.90 Å². The number of carbonyl (C=O) groups excluding carboxylic acids is 1. The summed E-state index contributed by atoms with van der Waals surface area (Å²) in [6, 6.07) is 8.40. The summed E-state index contributed by atoms with van der Waals surface area (Å²) >= 11 is 1.48. The van der Waals surface area contributed by atoms with Crippen molar-refractivity contribution >= 4 is 34.5 Å². The van der Waals surface area contributed by atoms with Crippen molar-refractivity contribution in [1.82, 2.24) is 24.5 Å². The van der Waals surface area contributed by atoms with E-state index in [9.17, 15) is 4.79 Å². The molecule has 1 fully saturated rings. The third-order valence-electron chi connectivity index (χ3n) is 5.09. The fourth-order valence-corrected chi connectivity index (χ4v) is 4.52. The highest BCUT2D eigenvalue weighted by molar-refractivity contribution is 7.99. The summed E-state index contributed by atoms with van der Waals surface area (Å²) < 4.78 is 1.99. The fraction of sp³-hybridized carbons (Fsp3) is 0.421. The number of aromatic nitrogens is 4. The Morgan fingerprint density at radius 3 is 3.00 bits per heavy atom. The Hall–Kier alpha value is -2.28. The number of allylic oxidation sites excluding steroid dienone is 2. The summed E-state index contributed by atoms with van der Waals surface area (Å²) in [5.74, 6) is 1.32. The maximum atomic E-state index is 13.0. The van der Waals surface area contributed by atoms with E-state index < -0.39 is 0 Å². The lowest BCUT2D eigenvalue weighted by molar-refractivity contribution is -0.127. The van der Waals surface area contributed by atoms with Gasteiger partial charge in [0, 0.05) is 11.7 Å². The molecule has 0 aliphatic heterocycles. The van der Waals surface area contributed by atoms with Crippen LogP contribution in [0, 0.1) is 0 Å². The summed E-state index contributed by atoms with van der Waals surface area (Å²) in [5.41, 5.74) is 3.19. The zero-order chi connectivity index (χ0) is 17.5. The normalized spacial score (nSPS) is 17.6. The highest BCUT2D eigenvalue weighted by Crippen LogP contribution is 2.34. The standard InChI is InChI=1S/C19H21N5OS/c25-17(23(14-10-11-14)13-6-2-1-3-7-13)12-26-19-22-21-18-20-15-8-4-5-9-16(15)24(18)19/h4-6,8-9,14H,1-3,7,10-12H2,(H,20,21). The number of benzene rings is 1. The number of H-pyrrole nitrogens is 1. The lowest BCUT2D eigenvalue weighted by Crippen LogP contribution is -2.34. The van der Waals surface area contributed by atoms with E-state index in [0.717, 1.165) is 47.7 Å². The van der Waals surface area contributed by atoms with Crippen molar-refractivity contribution in [3.05, 3.63) is 36.0 Å². The molecule has 1 saturated carbocycles. The van der Waals surface area contributed by atoms with E-state index in [1.54, 1.807) is 0 Å². The minimum Gasteiger partial charge on any atom is -0.313 e. The number of hydrogen-bond donors (Lipinski definition) is 1. The van der Waals surface area contributed by atoms with Gasteiger partial charge in [-0.3, -0.25) is 9.20 Å². The monoisotopic (exact) mass is 367 g/mol. The molecule has 0 spiro atoms. The van der Waals surface area contributed by atoms with Gasteiger partial charge in [-0.2, -0.15) is 0 Å². The molecule has 2 aliphatic rings. The number of hydrogen-bond acceptors (Lipinski definition) is 4. The van der Waals surface area contributed by atoms with Gasteiger partial charge in [0.1, 0.15) is 0 Å². The molecule has 3 aromatic rings. The van der Waals surface area contributed by atoms with E-state index in [1.165, 1.54) is 30.3 Å². The quantitative estimate of drug-likeness (QED) is 0.698. The maximum absolute atomic E-state index is 13.0. The average Bonchev–Trinajstić information content (AvgIpc) is 3.31. The van der Waals surface area contributed by atoms with E-state index in [2.05, 4.69) is 26.2 Å². The third kappa shape index (κ3) is 2.80. The van der Waals surface area contributed by atoms with Crippen LogP contribution in [0.1, 0.15) is 38.5 Å². The number of fused-ring (bicyclic) bond motifs is 3. The van der Waals surface area contributed by atoms with Crippen LogP contribution in [0.4, 0.5) is 0 Å². The van der Waals surface area contributed by atoms with E-state index >= 15 is 0 Å². The number of para-hydroxylation sites is 2. The van der Waals surface area contributed by atoms with Crippen LogP contribution in [0.3, 0.4) is 0 Å². The van der Waals surface area contributed by atoms with Gasteiger partial charge in [-0.05, 0) is 50.7 Å². The molecule has 0 saturated heterocycles. The van der Waals surface area contributed by atoms with Gasteiger partial charge in [0.05, 0.1) is 16.8 Å². The predicted octanol–water partition coefficient (Wildman–Crippen LogP) is 3.75. The Kier molecular flexibility index (Phi) is 3.96.